The molecule has 1 rings (SSSR count). The molecule has 1 N–H and O–H groups in total. The van der Waals surface area contributed by atoms with Crippen molar-refractivity contribution in [1.82, 2.24) is 5.32 Å². The minimum Gasteiger partial charge on any atom is -0.313 e. The summed E-state index contributed by atoms with van der Waals surface area (Å²) in [6.07, 6.45) is 3.31. The minimum atomic E-state index is 0.612. The van der Waals surface area contributed by atoms with Crippen molar-refractivity contribution in [1.29, 1.82) is 0 Å². The van der Waals surface area contributed by atoms with Crippen LogP contribution in [0.1, 0.15) is 11.8 Å². The number of thioether (sulfide) groups is 1. The molecule has 0 bridgehead atoms. The van der Waals surface area contributed by atoms with E-state index in [-0.39, 0.29) is 0 Å². The normalized spacial score (nSPS) is 13.1. The van der Waals surface area contributed by atoms with Gasteiger partial charge < -0.3 is 5.32 Å². The lowest BCUT2D eigenvalue weighted by atomic mass is 10.2. The van der Waals surface area contributed by atoms with Gasteiger partial charge in [0, 0.05) is 26.5 Å². The van der Waals surface area contributed by atoms with Gasteiger partial charge in [-0.25, -0.2) is 0 Å². The third kappa shape index (κ3) is 4.34. The van der Waals surface area contributed by atoms with Gasteiger partial charge in [0.05, 0.1) is 0 Å². The van der Waals surface area contributed by atoms with Gasteiger partial charge >= 0.3 is 0 Å². The van der Waals surface area contributed by atoms with Gasteiger partial charge in [0.1, 0.15) is 0 Å². The molecule has 1 unspecified atom stereocenters. The van der Waals surface area contributed by atoms with E-state index in [1.54, 1.807) is 0 Å². The number of likely N-dealkylation sites (N-methyl/N-ethyl adjacent to an activating group) is 1. The van der Waals surface area contributed by atoms with Gasteiger partial charge in [-0.2, -0.15) is 11.8 Å². The first-order valence-corrected chi connectivity index (χ1v) is 7.78. The fourth-order valence-electron chi connectivity index (χ4n) is 1.38. The van der Waals surface area contributed by atoms with E-state index < -0.39 is 0 Å². The first kappa shape index (κ1) is 12.6. The Balaban J connectivity index is 2.46. The second kappa shape index (κ2) is 6.88. The highest BCUT2D eigenvalue weighted by Gasteiger charge is 2.08. The van der Waals surface area contributed by atoms with Gasteiger partial charge in [0.2, 0.25) is 0 Å². The molecule has 0 saturated carbocycles. The van der Waals surface area contributed by atoms with E-state index in [1.165, 1.54) is 15.1 Å². The van der Waals surface area contributed by atoms with Crippen LogP contribution in [0.5, 0.6) is 0 Å². The second-order valence-electron chi connectivity index (χ2n) is 3.15. The van der Waals surface area contributed by atoms with Crippen LogP contribution in [-0.4, -0.2) is 24.6 Å². The highest BCUT2D eigenvalue weighted by atomic mass is 79.9. The van der Waals surface area contributed by atoms with E-state index in [2.05, 4.69) is 45.9 Å². The van der Waals surface area contributed by atoms with Crippen molar-refractivity contribution in [3.63, 3.8) is 0 Å². The van der Waals surface area contributed by atoms with Gasteiger partial charge in [-0.05, 0) is 41.2 Å². The molecule has 1 aromatic rings. The SMILES string of the molecule is CCNC(CSC)Cc1cc(Br)cs1. The smallest absolute Gasteiger partial charge is 0.0285 e. The van der Waals surface area contributed by atoms with E-state index in [0.717, 1.165) is 13.0 Å². The Hall–Kier alpha value is 0.490. The van der Waals surface area contributed by atoms with Gasteiger partial charge in [-0.1, -0.05) is 6.92 Å². The van der Waals surface area contributed by atoms with Crippen LogP contribution in [0.3, 0.4) is 0 Å². The molecule has 1 nitrogen and oxygen atoms in total. The van der Waals surface area contributed by atoms with Crippen molar-refractivity contribution in [3.8, 4) is 0 Å². The third-order valence-corrected chi connectivity index (χ3v) is 4.39. The van der Waals surface area contributed by atoms with Crippen LogP contribution in [0.4, 0.5) is 0 Å². The average molecular weight is 294 g/mol. The molecular weight excluding hydrogens is 278 g/mol. The molecule has 80 valence electrons. The summed E-state index contributed by atoms with van der Waals surface area (Å²) in [6.45, 7) is 3.22. The largest absolute Gasteiger partial charge is 0.313 e. The zero-order valence-electron chi connectivity index (χ0n) is 8.55. The minimum absolute atomic E-state index is 0.612. The summed E-state index contributed by atoms with van der Waals surface area (Å²) in [6, 6.07) is 2.83. The molecule has 0 aromatic carbocycles. The maximum absolute atomic E-state index is 3.51. The number of hydrogen-bond acceptors (Lipinski definition) is 3. The third-order valence-electron chi connectivity index (χ3n) is 1.93. The zero-order valence-corrected chi connectivity index (χ0v) is 11.8. The van der Waals surface area contributed by atoms with Crippen LogP contribution in [0.15, 0.2) is 15.9 Å². The number of halogens is 1. The molecule has 0 fully saturated rings. The van der Waals surface area contributed by atoms with E-state index >= 15 is 0 Å². The van der Waals surface area contributed by atoms with Gasteiger partial charge in [-0.15, -0.1) is 11.3 Å². The zero-order chi connectivity index (χ0) is 10.4. The van der Waals surface area contributed by atoms with Gasteiger partial charge in [0.25, 0.3) is 0 Å². The molecule has 0 radical (unpaired) electrons. The Labute approximate surface area is 103 Å². The molecular formula is C10H16BrNS2. The number of rotatable bonds is 6. The molecule has 0 aliphatic rings. The predicted molar refractivity (Wildman–Crippen MR) is 71.6 cm³/mol. The average Bonchev–Trinajstić information content (AvgIpc) is 2.52. The second-order valence-corrected chi connectivity index (χ2v) is 5.97. The number of hydrogen-bond donors (Lipinski definition) is 1. The maximum atomic E-state index is 3.51. The first-order valence-electron chi connectivity index (χ1n) is 4.71. The van der Waals surface area contributed by atoms with Gasteiger partial charge in [-0.3, -0.25) is 0 Å². The Morgan fingerprint density at radius 1 is 1.64 bits per heavy atom. The van der Waals surface area contributed by atoms with Crippen LogP contribution in [0, 0.1) is 0 Å². The lowest BCUT2D eigenvalue weighted by molar-refractivity contribution is 0.576. The van der Waals surface area contributed by atoms with E-state index in [0.29, 0.717) is 6.04 Å². The van der Waals surface area contributed by atoms with Crippen LogP contribution in [0.25, 0.3) is 0 Å². The molecule has 0 aliphatic heterocycles. The Bertz CT molecular complexity index is 256. The number of nitrogens with one attached hydrogen (secondary N) is 1. The van der Waals surface area contributed by atoms with Crippen molar-refractivity contribution in [2.45, 2.75) is 19.4 Å². The molecule has 0 saturated heterocycles. The van der Waals surface area contributed by atoms with Crippen LogP contribution >= 0.6 is 39.0 Å². The van der Waals surface area contributed by atoms with Crippen LogP contribution in [-0.2, 0) is 6.42 Å². The molecule has 1 aromatic heterocycles. The highest BCUT2D eigenvalue weighted by molar-refractivity contribution is 9.10. The summed E-state index contributed by atoms with van der Waals surface area (Å²) in [5, 5.41) is 5.66. The lowest BCUT2D eigenvalue weighted by Crippen LogP contribution is -2.32. The van der Waals surface area contributed by atoms with Crippen LogP contribution in [0.2, 0.25) is 0 Å². The van der Waals surface area contributed by atoms with E-state index in [1.807, 2.05) is 23.1 Å². The van der Waals surface area contributed by atoms with Crippen molar-refractivity contribution < 1.29 is 0 Å². The van der Waals surface area contributed by atoms with E-state index in [4.69, 9.17) is 0 Å². The Kier molecular flexibility index (Phi) is 6.17. The fraction of sp³-hybridized carbons (Fsp3) is 0.600. The maximum Gasteiger partial charge on any atom is 0.0285 e. The van der Waals surface area contributed by atoms with Crippen molar-refractivity contribution >= 4 is 39.0 Å². The molecule has 14 heavy (non-hydrogen) atoms. The summed E-state index contributed by atoms with van der Waals surface area (Å²) in [5.41, 5.74) is 0. The fourth-order valence-corrected chi connectivity index (χ4v) is 3.55. The summed E-state index contributed by atoms with van der Waals surface area (Å²) in [7, 11) is 0. The summed E-state index contributed by atoms with van der Waals surface area (Å²) in [5.74, 6) is 1.18. The molecule has 0 aliphatic carbocycles. The van der Waals surface area contributed by atoms with Crippen molar-refractivity contribution in [3.05, 3.63) is 20.8 Å². The Morgan fingerprint density at radius 2 is 2.43 bits per heavy atom. The van der Waals surface area contributed by atoms with E-state index in [9.17, 15) is 0 Å². The first-order chi connectivity index (χ1) is 6.76. The van der Waals surface area contributed by atoms with Gasteiger partial charge in [0.15, 0.2) is 0 Å². The topological polar surface area (TPSA) is 12.0 Å². The molecule has 0 amide bonds. The molecule has 1 atom stereocenters. The summed E-state index contributed by atoms with van der Waals surface area (Å²) >= 11 is 7.22. The van der Waals surface area contributed by atoms with Crippen molar-refractivity contribution in [2.75, 3.05) is 18.6 Å². The summed E-state index contributed by atoms with van der Waals surface area (Å²) < 4.78 is 1.21. The molecule has 1 heterocycles. The highest BCUT2D eigenvalue weighted by Crippen LogP contribution is 2.21. The monoisotopic (exact) mass is 293 g/mol. The Morgan fingerprint density at radius 3 is 2.93 bits per heavy atom. The standard InChI is InChI=1S/C10H16BrNS2/c1-3-12-9(7-13-2)5-10-4-8(11)6-14-10/h4,6,9,12H,3,5,7H2,1-2H3. The van der Waals surface area contributed by atoms with Crippen molar-refractivity contribution in [2.24, 2.45) is 0 Å². The predicted octanol–water partition coefficient (Wildman–Crippen LogP) is 3.39. The lowest BCUT2D eigenvalue weighted by Gasteiger charge is -2.15. The number of thiophene rings is 1. The molecule has 0 spiro atoms. The van der Waals surface area contributed by atoms with Crippen LogP contribution < -0.4 is 5.32 Å². The summed E-state index contributed by atoms with van der Waals surface area (Å²) in [4.78, 5) is 1.46. The molecule has 4 heteroatoms. The quantitative estimate of drug-likeness (QED) is 0.863.